The average Bonchev–Trinajstić information content (AvgIpc) is 3.03. The Hall–Kier alpha value is -1.95. The summed E-state index contributed by atoms with van der Waals surface area (Å²) in [5.74, 6) is 0.348. The third-order valence-electron chi connectivity index (χ3n) is 8.34. The molecule has 0 amide bonds. The highest BCUT2D eigenvalue weighted by Gasteiger charge is 2.12. The standard InChI is InChI=1S/C40H72O6/c1-4-5-6-7-15-20-25-30-37(41)31-26-21-18-23-28-33-40(44)46-35-38(42)34-45-39(43)32-27-22-17-14-12-10-8-9-11-13-16-19-24-29-36(2)3/h15,20,25,30,36,38,42H,4-14,16-19,21-24,26-29,31-35H2,1-3H3/b20-15-,30-25+/t38-/m1/s1. The Labute approximate surface area is 283 Å². The van der Waals surface area contributed by atoms with Crippen LogP contribution in [0.25, 0.3) is 0 Å². The van der Waals surface area contributed by atoms with Gasteiger partial charge < -0.3 is 14.6 Å². The number of hydrogen-bond acceptors (Lipinski definition) is 6. The lowest BCUT2D eigenvalue weighted by molar-refractivity contribution is -0.152. The summed E-state index contributed by atoms with van der Waals surface area (Å²) in [6, 6.07) is 0. The van der Waals surface area contributed by atoms with Gasteiger partial charge in [-0.3, -0.25) is 14.4 Å². The minimum Gasteiger partial charge on any atom is -0.463 e. The summed E-state index contributed by atoms with van der Waals surface area (Å²) in [4.78, 5) is 35.8. The molecule has 0 saturated heterocycles. The second kappa shape index (κ2) is 34.4. The van der Waals surface area contributed by atoms with Gasteiger partial charge in [-0.05, 0) is 44.1 Å². The van der Waals surface area contributed by atoms with E-state index in [9.17, 15) is 19.5 Å². The summed E-state index contributed by atoms with van der Waals surface area (Å²) in [7, 11) is 0. The zero-order chi connectivity index (χ0) is 33.9. The third kappa shape index (κ3) is 34.9. The third-order valence-corrected chi connectivity index (χ3v) is 8.34. The van der Waals surface area contributed by atoms with Crippen molar-refractivity contribution in [3.8, 4) is 0 Å². The average molecular weight is 649 g/mol. The lowest BCUT2D eigenvalue weighted by atomic mass is 10.0. The number of hydrogen-bond donors (Lipinski definition) is 1. The van der Waals surface area contributed by atoms with E-state index in [4.69, 9.17) is 9.47 Å². The molecule has 0 aliphatic rings. The molecule has 0 heterocycles. The molecule has 0 spiro atoms. The summed E-state index contributed by atoms with van der Waals surface area (Å²) in [6.07, 6.45) is 34.8. The molecular weight excluding hydrogens is 576 g/mol. The Morgan fingerprint density at radius 3 is 1.46 bits per heavy atom. The van der Waals surface area contributed by atoms with E-state index in [1.54, 1.807) is 6.08 Å². The molecule has 0 unspecified atom stereocenters. The highest BCUT2D eigenvalue weighted by molar-refractivity contribution is 5.89. The van der Waals surface area contributed by atoms with Gasteiger partial charge in [0.05, 0.1) is 0 Å². The van der Waals surface area contributed by atoms with E-state index in [1.807, 2.05) is 12.2 Å². The maximum atomic E-state index is 12.0. The molecule has 46 heavy (non-hydrogen) atoms. The Kier molecular flexibility index (Phi) is 32.9. The number of ketones is 1. The number of ether oxygens (including phenoxy) is 2. The predicted octanol–water partition coefficient (Wildman–Crippen LogP) is 10.9. The Balaban J connectivity index is 3.51. The van der Waals surface area contributed by atoms with Gasteiger partial charge in [-0.2, -0.15) is 0 Å². The van der Waals surface area contributed by atoms with Crippen LogP contribution < -0.4 is 0 Å². The van der Waals surface area contributed by atoms with Crippen LogP contribution in [0.1, 0.15) is 188 Å². The molecule has 0 aromatic rings. The number of carbonyl (C=O) groups excluding carboxylic acids is 3. The van der Waals surface area contributed by atoms with Gasteiger partial charge in [0, 0.05) is 19.3 Å². The first kappa shape index (κ1) is 44.0. The summed E-state index contributed by atoms with van der Waals surface area (Å²) < 4.78 is 10.3. The fourth-order valence-electron chi connectivity index (χ4n) is 5.37. The van der Waals surface area contributed by atoms with Gasteiger partial charge in [0.2, 0.25) is 0 Å². The van der Waals surface area contributed by atoms with E-state index in [-0.39, 0.29) is 30.9 Å². The van der Waals surface area contributed by atoms with Crippen LogP contribution in [-0.2, 0) is 23.9 Å². The molecule has 0 saturated carbocycles. The summed E-state index contributed by atoms with van der Waals surface area (Å²) in [5, 5.41) is 9.99. The number of aliphatic hydroxyl groups excluding tert-OH is 1. The number of carbonyl (C=O) groups is 3. The van der Waals surface area contributed by atoms with Crippen molar-refractivity contribution >= 4 is 17.7 Å². The topological polar surface area (TPSA) is 89.9 Å². The minimum atomic E-state index is -0.999. The van der Waals surface area contributed by atoms with Gasteiger partial charge in [0.15, 0.2) is 5.78 Å². The van der Waals surface area contributed by atoms with Crippen LogP contribution in [0, 0.1) is 5.92 Å². The van der Waals surface area contributed by atoms with Gasteiger partial charge in [-0.15, -0.1) is 0 Å². The molecule has 0 fully saturated rings. The first-order valence-corrected chi connectivity index (χ1v) is 19.2. The molecule has 6 heteroatoms. The van der Waals surface area contributed by atoms with Crippen molar-refractivity contribution in [2.45, 2.75) is 194 Å². The second-order valence-electron chi connectivity index (χ2n) is 13.6. The van der Waals surface area contributed by atoms with Gasteiger partial charge in [-0.25, -0.2) is 0 Å². The number of aliphatic hydroxyl groups is 1. The highest BCUT2D eigenvalue weighted by Crippen LogP contribution is 2.15. The normalized spacial score (nSPS) is 12.4. The largest absolute Gasteiger partial charge is 0.463 e. The monoisotopic (exact) mass is 649 g/mol. The number of rotatable bonds is 34. The van der Waals surface area contributed by atoms with Crippen LogP contribution in [0.15, 0.2) is 24.3 Å². The van der Waals surface area contributed by atoms with Crippen LogP contribution in [0.3, 0.4) is 0 Å². The van der Waals surface area contributed by atoms with Crippen LogP contribution in [0.2, 0.25) is 0 Å². The van der Waals surface area contributed by atoms with E-state index >= 15 is 0 Å². The van der Waals surface area contributed by atoms with Crippen molar-refractivity contribution in [3.05, 3.63) is 24.3 Å². The van der Waals surface area contributed by atoms with Crippen molar-refractivity contribution in [3.63, 3.8) is 0 Å². The fraction of sp³-hybridized carbons (Fsp3) is 0.825. The SMILES string of the molecule is CCCCC/C=C\C=C\C(=O)CCCCCCCC(=O)OC[C@H](O)COC(=O)CCCCCCCCCCCCCCCC(C)C. The van der Waals surface area contributed by atoms with Crippen molar-refractivity contribution < 1.29 is 29.0 Å². The van der Waals surface area contributed by atoms with Gasteiger partial charge in [-0.1, -0.05) is 155 Å². The smallest absolute Gasteiger partial charge is 0.305 e. The van der Waals surface area contributed by atoms with Crippen LogP contribution in [0.5, 0.6) is 0 Å². The van der Waals surface area contributed by atoms with Gasteiger partial charge in [0.1, 0.15) is 19.3 Å². The molecule has 0 aromatic carbocycles. The minimum absolute atomic E-state index is 0.146. The van der Waals surface area contributed by atoms with Crippen molar-refractivity contribution in [2.24, 2.45) is 5.92 Å². The fourth-order valence-corrected chi connectivity index (χ4v) is 5.37. The lowest BCUT2D eigenvalue weighted by Gasteiger charge is -2.12. The first-order chi connectivity index (χ1) is 22.3. The van der Waals surface area contributed by atoms with E-state index in [0.29, 0.717) is 19.3 Å². The van der Waals surface area contributed by atoms with E-state index in [0.717, 1.165) is 63.7 Å². The molecule has 0 aliphatic heterocycles. The quantitative estimate of drug-likeness (QED) is 0.0323. The maximum absolute atomic E-state index is 12.0. The van der Waals surface area contributed by atoms with E-state index in [2.05, 4.69) is 26.8 Å². The van der Waals surface area contributed by atoms with Gasteiger partial charge >= 0.3 is 11.9 Å². The second-order valence-corrected chi connectivity index (χ2v) is 13.6. The van der Waals surface area contributed by atoms with Crippen LogP contribution >= 0.6 is 0 Å². The zero-order valence-corrected chi connectivity index (χ0v) is 30.3. The van der Waals surface area contributed by atoms with Crippen LogP contribution in [-0.4, -0.2) is 42.1 Å². The number of unbranched alkanes of at least 4 members (excludes halogenated alkanes) is 19. The van der Waals surface area contributed by atoms with E-state index < -0.39 is 6.10 Å². The molecule has 0 aromatic heterocycles. The molecule has 0 bridgehead atoms. The molecule has 1 atom stereocenters. The maximum Gasteiger partial charge on any atom is 0.305 e. The Morgan fingerprint density at radius 2 is 1.00 bits per heavy atom. The van der Waals surface area contributed by atoms with Crippen molar-refractivity contribution in [1.82, 2.24) is 0 Å². The highest BCUT2D eigenvalue weighted by atomic mass is 16.6. The molecular formula is C40H72O6. The Morgan fingerprint density at radius 1 is 0.565 bits per heavy atom. The van der Waals surface area contributed by atoms with Crippen molar-refractivity contribution in [2.75, 3.05) is 13.2 Å². The summed E-state index contributed by atoms with van der Waals surface area (Å²) in [5.41, 5.74) is 0. The van der Waals surface area contributed by atoms with Crippen LogP contribution in [0.4, 0.5) is 0 Å². The summed E-state index contributed by atoms with van der Waals surface area (Å²) >= 11 is 0. The first-order valence-electron chi connectivity index (χ1n) is 19.2. The predicted molar refractivity (Wildman–Crippen MR) is 192 cm³/mol. The van der Waals surface area contributed by atoms with Gasteiger partial charge in [0.25, 0.3) is 0 Å². The molecule has 0 aliphatic carbocycles. The molecule has 1 N–H and O–H groups in total. The van der Waals surface area contributed by atoms with E-state index in [1.165, 1.54) is 89.9 Å². The van der Waals surface area contributed by atoms with Crippen molar-refractivity contribution in [1.29, 1.82) is 0 Å². The molecule has 0 radical (unpaired) electrons. The molecule has 0 rings (SSSR count). The Bertz CT molecular complexity index is 772. The number of esters is 2. The molecule has 6 nitrogen and oxygen atoms in total. The number of allylic oxidation sites excluding steroid dienone is 4. The summed E-state index contributed by atoms with van der Waals surface area (Å²) in [6.45, 7) is 6.50. The lowest BCUT2D eigenvalue weighted by Crippen LogP contribution is -2.25. The zero-order valence-electron chi connectivity index (χ0n) is 30.3. The molecule has 268 valence electrons.